The number of sulfonamides is 1. The third-order valence-electron chi connectivity index (χ3n) is 5.77. The average molecular weight is 530 g/mol. The highest BCUT2D eigenvalue weighted by molar-refractivity contribution is 7.89. The van der Waals surface area contributed by atoms with Crippen molar-refractivity contribution in [3.8, 4) is 11.1 Å². The number of hydrogen-bond donors (Lipinski definition) is 4. The molecule has 0 radical (unpaired) electrons. The first kappa shape index (κ1) is 26.6. The van der Waals surface area contributed by atoms with Gasteiger partial charge in [-0.3, -0.25) is 4.79 Å². The van der Waals surface area contributed by atoms with Crippen molar-refractivity contribution in [2.24, 2.45) is 0 Å². The van der Waals surface area contributed by atoms with Crippen LogP contribution in [-0.4, -0.2) is 25.5 Å². The molecule has 0 aromatic heterocycles. The Hall–Kier alpha value is -4.47. The van der Waals surface area contributed by atoms with Crippen molar-refractivity contribution in [2.75, 3.05) is 5.32 Å². The normalized spacial score (nSPS) is 11.9. The first-order chi connectivity index (χ1) is 18.3. The van der Waals surface area contributed by atoms with Crippen LogP contribution in [0.2, 0.25) is 0 Å². The van der Waals surface area contributed by atoms with Crippen molar-refractivity contribution >= 4 is 27.7 Å². The van der Waals surface area contributed by atoms with Gasteiger partial charge in [0.1, 0.15) is 0 Å². The summed E-state index contributed by atoms with van der Waals surface area (Å²) in [6.07, 6.45) is -0.400. The minimum absolute atomic E-state index is 0.000265. The van der Waals surface area contributed by atoms with Crippen LogP contribution in [0.5, 0.6) is 0 Å². The molecule has 4 aromatic carbocycles. The summed E-state index contributed by atoms with van der Waals surface area (Å²) in [7, 11) is -4.04. The maximum atomic E-state index is 13.2. The Kier molecular flexibility index (Phi) is 8.52. The molecule has 0 spiro atoms. The number of urea groups is 1. The molecule has 4 N–H and O–H groups in total. The molecule has 0 saturated carbocycles. The second-order valence-electron chi connectivity index (χ2n) is 8.58. The highest BCUT2D eigenvalue weighted by Crippen LogP contribution is 2.26. The quantitative estimate of drug-likeness (QED) is 0.226. The number of anilines is 1. The van der Waals surface area contributed by atoms with Crippen LogP contribution in [0.3, 0.4) is 0 Å². The van der Waals surface area contributed by atoms with Gasteiger partial charge in [0.05, 0.1) is 17.4 Å². The van der Waals surface area contributed by atoms with E-state index < -0.39 is 28.5 Å². The van der Waals surface area contributed by atoms with Crippen LogP contribution in [0.4, 0.5) is 10.5 Å². The Bertz CT molecular complexity index is 1510. The van der Waals surface area contributed by atoms with E-state index in [0.717, 1.165) is 5.56 Å². The molecule has 0 unspecified atom stereocenters. The van der Waals surface area contributed by atoms with E-state index in [-0.39, 0.29) is 10.9 Å². The van der Waals surface area contributed by atoms with Crippen LogP contribution in [-0.2, 0) is 21.4 Å². The van der Waals surface area contributed by atoms with Gasteiger partial charge >= 0.3 is 12.0 Å². The number of hydrogen-bond acceptors (Lipinski definition) is 4. The lowest BCUT2D eigenvalue weighted by molar-refractivity contribution is -0.137. The van der Waals surface area contributed by atoms with Gasteiger partial charge in [-0.1, -0.05) is 84.9 Å². The summed E-state index contributed by atoms with van der Waals surface area (Å²) in [5.74, 6) is -1.12. The van der Waals surface area contributed by atoms with Crippen LogP contribution >= 0.6 is 0 Å². The predicted octanol–water partition coefficient (Wildman–Crippen LogP) is 5.17. The van der Waals surface area contributed by atoms with E-state index in [0.29, 0.717) is 28.9 Å². The van der Waals surface area contributed by atoms with E-state index in [1.54, 1.807) is 60.7 Å². The predicted molar refractivity (Wildman–Crippen MR) is 146 cm³/mol. The van der Waals surface area contributed by atoms with E-state index >= 15 is 0 Å². The fourth-order valence-electron chi connectivity index (χ4n) is 3.92. The number of carboxylic acids is 1. The Labute approximate surface area is 221 Å². The molecule has 4 aromatic rings. The third kappa shape index (κ3) is 7.28. The maximum absolute atomic E-state index is 13.2. The molecule has 0 bridgehead atoms. The molecule has 0 fully saturated rings. The topological polar surface area (TPSA) is 125 Å². The van der Waals surface area contributed by atoms with E-state index in [2.05, 4.69) is 15.4 Å². The smallest absolute Gasteiger partial charge is 0.319 e. The molecule has 1 atom stereocenters. The SMILES string of the molecule is O=C(O)C[C@@H](NS(=O)(=O)c1cccc(-c2cccc(NC(=O)NCc3ccccc3)c2)c1)c1ccccc1. The van der Waals surface area contributed by atoms with Gasteiger partial charge in [0, 0.05) is 12.2 Å². The standard InChI is InChI=1S/C29H27N3O5S/c33-28(34)19-27(22-11-5-2-6-12-22)32-38(36,37)26-16-8-14-24(18-26)23-13-7-15-25(17-23)31-29(35)30-20-21-9-3-1-4-10-21/h1-18,27,32H,19-20H2,(H,33,34)(H2,30,31,35)/t27-/m1/s1. The first-order valence-corrected chi connectivity index (χ1v) is 13.4. The number of aliphatic carboxylic acids is 1. The Morgan fingerprint density at radius 2 is 1.39 bits per heavy atom. The second-order valence-corrected chi connectivity index (χ2v) is 10.3. The van der Waals surface area contributed by atoms with Gasteiger partial charge in [-0.05, 0) is 46.5 Å². The average Bonchev–Trinajstić information content (AvgIpc) is 2.92. The number of carboxylic acid groups (broad SMARTS) is 1. The summed E-state index contributed by atoms with van der Waals surface area (Å²) in [4.78, 5) is 23.8. The molecule has 194 valence electrons. The van der Waals surface area contributed by atoms with E-state index in [1.165, 1.54) is 12.1 Å². The summed E-state index contributed by atoms with van der Waals surface area (Å²) in [6.45, 7) is 0.380. The second kappa shape index (κ2) is 12.2. The number of carbonyl (C=O) groups excluding carboxylic acids is 1. The minimum Gasteiger partial charge on any atom is -0.481 e. The van der Waals surface area contributed by atoms with Gasteiger partial charge in [0.25, 0.3) is 0 Å². The minimum atomic E-state index is -4.04. The van der Waals surface area contributed by atoms with E-state index in [1.807, 2.05) is 36.4 Å². The number of benzene rings is 4. The van der Waals surface area contributed by atoms with Gasteiger partial charge < -0.3 is 15.7 Å². The number of amides is 2. The van der Waals surface area contributed by atoms with Crippen LogP contribution in [0, 0.1) is 0 Å². The first-order valence-electron chi connectivity index (χ1n) is 11.9. The van der Waals surface area contributed by atoms with Crippen LogP contribution in [0.25, 0.3) is 11.1 Å². The van der Waals surface area contributed by atoms with Gasteiger partial charge in [-0.25, -0.2) is 17.9 Å². The fourth-order valence-corrected chi connectivity index (χ4v) is 5.19. The van der Waals surface area contributed by atoms with Gasteiger partial charge in [0.2, 0.25) is 10.0 Å². The zero-order valence-corrected chi connectivity index (χ0v) is 21.2. The molecule has 9 heteroatoms. The molecule has 4 rings (SSSR count). The molecule has 0 aliphatic carbocycles. The lowest BCUT2D eigenvalue weighted by atomic mass is 10.1. The van der Waals surface area contributed by atoms with Gasteiger partial charge in [-0.15, -0.1) is 0 Å². The summed E-state index contributed by atoms with van der Waals surface area (Å²) in [5.41, 5.74) is 3.40. The van der Waals surface area contributed by atoms with Crippen molar-refractivity contribution in [2.45, 2.75) is 23.9 Å². The third-order valence-corrected chi connectivity index (χ3v) is 7.24. The van der Waals surface area contributed by atoms with Crippen molar-refractivity contribution in [1.82, 2.24) is 10.0 Å². The lowest BCUT2D eigenvalue weighted by Gasteiger charge is -2.18. The molecule has 2 amide bonds. The number of nitrogens with one attached hydrogen (secondary N) is 3. The number of rotatable bonds is 10. The van der Waals surface area contributed by atoms with Crippen molar-refractivity contribution in [3.05, 3.63) is 120 Å². The van der Waals surface area contributed by atoms with Crippen molar-refractivity contribution in [1.29, 1.82) is 0 Å². The molecule has 0 saturated heterocycles. The molecule has 0 aliphatic rings. The largest absolute Gasteiger partial charge is 0.481 e. The summed E-state index contributed by atoms with van der Waals surface area (Å²) in [5, 5.41) is 14.9. The van der Waals surface area contributed by atoms with Crippen molar-refractivity contribution in [3.63, 3.8) is 0 Å². The summed E-state index contributed by atoms with van der Waals surface area (Å²) < 4.78 is 29.0. The van der Waals surface area contributed by atoms with Gasteiger partial charge in [0.15, 0.2) is 0 Å². The van der Waals surface area contributed by atoms with Crippen LogP contribution in [0.15, 0.2) is 114 Å². The van der Waals surface area contributed by atoms with E-state index in [4.69, 9.17) is 0 Å². The van der Waals surface area contributed by atoms with Crippen LogP contribution in [0.1, 0.15) is 23.6 Å². The Balaban J connectivity index is 1.49. The van der Waals surface area contributed by atoms with Crippen LogP contribution < -0.4 is 15.4 Å². The lowest BCUT2D eigenvalue weighted by Crippen LogP contribution is -2.30. The highest BCUT2D eigenvalue weighted by Gasteiger charge is 2.24. The summed E-state index contributed by atoms with van der Waals surface area (Å²) in [6, 6.07) is 30.2. The Morgan fingerprint density at radius 1 is 0.763 bits per heavy atom. The molecular weight excluding hydrogens is 502 g/mol. The maximum Gasteiger partial charge on any atom is 0.319 e. The summed E-state index contributed by atoms with van der Waals surface area (Å²) >= 11 is 0. The van der Waals surface area contributed by atoms with Gasteiger partial charge in [-0.2, -0.15) is 0 Å². The zero-order valence-electron chi connectivity index (χ0n) is 20.4. The molecule has 0 heterocycles. The van der Waals surface area contributed by atoms with E-state index in [9.17, 15) is 23.1 Å². The molecular formula is C29H27N3O5S. The highest BCUT2D eigenvalue weighted by atomic mass is 32.2. The Morgan fingerprint density at radius 3 is 2.08 bits per heavy atom. The number of carbonyl (C=O) groups is 2. The molecule has 38 heavy (non-hydrogen) atoms. The monoisotopic (exact) mass is 529 g/mol. The zero-order chi connectivity index (χ0) is 27.0. The molecule has 0 aliphatic heterocycles. The molecule has 8 nitrogen and oxygen atoms in total. The fraction of sp³-hybridized carbons (Fsp3) is 0.103. The van der Waals surface area contributed by atoms with Crippen molar-refractivity contribution < 1.29 is 23.1 Å².